The number of nitrogens with one attached hydrogen (secondary N) is 1. The maximum absolute atomic E-state index is 11.5. The lowest BCUT2D eigenvalue weighted by Gasteiger charge is -2.07. The van der Waals surface area contributed by atoms with Gasteiger partial charge in [-0.1, -0.05) is 17.3 Å². The van der Waals surface area contributed by atoms with E-state index in [0.29, 0.717) is 17.1 Å². The van der Waals surface area contributed by atoms with Gasteiger partial charge in [-0.25, -0.2) is 0 Å². The van der Waals surface area contributed by atoms with E-state index in [-0.39, 0.29) is 5.91 Å². The van der Waals surface area contributed by atoms with Crippen LogP contribution >= 0.6 is 0 Å². The number of benzene rings is 2. The molecule has 0 aliphatic carbocycles. The number of hydrogen-bond acceptors (Lipinski definition) is 5. The van der Waals surface area contributed by atoms with Crippen molar-refractivity contribution in [2.45, 2.75) is 6.92 Å². The van der Waals surface area contributed by atoms with Gasteiger partial charge in [-0.15, -0.1) is 0 Å². The number of nitrogens with zero attached hydrogens (tertiary/aromatic N) is 1. The lowest BCUT2D eigenvalue weighted by molar-refractivity contribution is -0.114. The van der Waals surface area contributed by atoms with E-state index >= 15 is 0 Å². The Balaban J connectivity index is 2.11. The highest BCUT2D eigenvalue weighted by Crippen LogP contribution is 2.38. The van der Waals surface area contributed by atoms with Crippen molar-refractivity contribution in [2.75, 3.05) is 19.5 Å². The van der Waals surface area contributed by atoms with Gasteiger partial charge in [0.1, 0.15) is 11.5 Å². The van der Waals surface area contributed by atoms with E-state index in [4.69, 9.17) is 14.0 Å². The molecule has 128 valence electrons. The van der Waals surface area contributed by atoms with Gasteiger partial charge in [0, 0.05) is 12.5 Å². The van der Waals surface area contributed by atoms with Crippen LogP contribution in [0, 0.1) is 0 Å². The zero-order chi connectivity index (χ0) is 17.8. The summed E-state index contributed by atoms with van der Waals surface area (Å²) in [6, 6.07) is 14.9. The summed E-state index contributed by atoms with van der Waals surface area (Å²) in [4.78, 5) is 11.5. The maximum atomic E-state index is 11.5. The standard InChI is InChI=1S/C19H18N2O4/c1-12(22)20-19-17(13-4-8-15(23-2)9-5-13)18(25-21-19)14-6-10-16(24-3)11-7-14/h4-11H,1-3H3,(H,20,21,22). The molecule has 0 radical (unpaired) electrons. The van der Waals surface area contributed by atoms with Crippen LogP contribution < -0.4 is 14.8 Å². The molecule has 3 rings (SSSR count). The van der Waals surface area contributed by atoms with Crippen molar-refractivity contribution in [1.82, 2.24) is 5.16 Å². The van der Waals surface area contributed by atoms with Crippen molar-refractivity contribution >= 4 is 11.7 Å². The van der Waals surface area contributed by atoms with Gasteiger partial charge >= 0.3 is 0 Å². The van der Waals surface area contributed by atoms with E-state index < -0.39 is 0 Å². The largest absolute Gasteiger partial charge is 0.497 e. The Morgan fingerprint density at radius 3 is 1.92 bits per heavy atom. The third-order valence-electron chi connectivity index (χ3n) is 3.72. The molecule has 0 bridgehead atoms. The number of anilines is 1. The number of carbonyl (C=O) groups is 1. The molecule has 0 saturated heterocycles. The molecule has 1 aromatic heterocycles. The molecule has 3 aromatic rings. The zero-order valence-corrected chi connectivity index (χ0v) is 14.2. The minimum atomic E-state index is -0.218. The zero-order valence-electron chi connectivity index (χ0n) is 14.2. The number of carbonyl (C=O) groups excluding carboxylic acids is 1. The minimum Gasteiger partial charge on any atom is -0.497 e. The van der Waals surface area contributed by atoms with Gasteiger partial charge < -0.3 is 19.3 Å². The average molecular weight is 338 g/mol. The van der Waals surface area contributed by atoms with Crippen LogP contribution in [0.4, 0.5) is 5.82 Å². The van der Waals surface area contributed by atoms with Gasteiger partial charge in [0.15, 0.2) is 11.6 Å². The van der Waals surface area contributed by atoms with Crippen molar-refractivity contribution in [1.29, 1.82) is 0 Å². The quantitative estimate of drug-likeness (QED) is 0.761. The first-order valence-electron chi connectivity index (χ1n) is 7.68. The molecule has 0 atom stereocenters. The van der Waals surface area contributed by atoms with Crippen molar-refractivity contribution < 1.29 is 18.8 Å². The topological polar surface area (TPSA) is 73.6 Å². The second-order valence-corrected chi connectivity index (χ2v) is 5.37. The molecule has 0 aliphatic heterocycles. The molecular weight excluding hydrogens is 320 g/mol. The van der Waals surface area contributed by atoms with E-state index in [1.807, 2.05) is 48.5 Å². The van der Waals surface area contributed by atoms with Crippen molar-refractivity contribution in [3.63, 3.8) is 0 Å². The second-order valence-electron chi connectivity index (χ2n) is 5.37. The third kappa shape index (κ3) is 3.47. The summed E-state index contributed by atoms with van der Waals surface area (Å²) in [7, 11) is 3.22. The number of aromatic nitrogens is 1. The predicted octanol–water partition coefficient (Wildman–Crippen LogP) is 3.98. The summed E-state index contributed by atoms with van der Waals surface area (Å²) in [5.41, 5.74) is 2.40. The van der Waals surface area contributed by atoms with Crippen LogP contribution in [0.5, 0.6) is 11.5 Å². The Morgan fingerprint density at radius 1 is 0.920 bits per heavy atom. The highest BCUT2D eigenvalue weighted by molar-refractivity contribution is 5.96. The van der Waals surface area contributed by atoms with Gasteiger partial charge in [0.2, 0.25) is 5.91 Å². The molecule has 2 aromatic carbocycles. The fraction of sp³-hybridized carbons (Fsp3) is 0.158. The number of methoxy groups -OCH3 is 2. The lowest BCUT2D eigenvalue weighted by Crippen LogP contribution is -2.06. The van der Waals surface area contributed by atoms with Crippen LogP contribution in [0.15, 0.2) is 53.1 Å². The van der Waals surface area contributed by atoms with Crippen LogP contribution in [0.1, 0.15) is 6.92 Å². The first-order valence-corrected chi connectivity index (χ1v) is 7.68. The average Bonchev–Trinajstić information content (AvgIpc) is 3.04. The van der Waals surface area contributed by atoms with Gasteiger partial charge in [-0.2, -0.15) is 0 Å². The normalized spacial score (nSPS) is 10.4. The van der Waals surface area contributed by atoms with Gasteiger partial charge in [0.05, 0.1) is 19.8 Å². The first-order chi connectivity index (χ1) is 12.1. The van der Waals surface area contributed by atoms with Crippen molar-refractivity contribution in [3.8, 4) is 33.9 Å². The second kappa shape index (κ2) is 7.09. The SMILES string of the molecule is COc1ccc(-c2onc(NC(C)=O)c2-c2ccc(OC)cc2)cc1. The van der Waals surface area contributed by atoms with E-state index in [2.05, 4.69) is 10.5 Å². The summed E-state index contributed by atoms with van der Waals surface area (Å²) in [5, 5.41) is 6.74. The van der Waals surface area contributed by atoms with Crippen LogP contribution in [0.2, 0.25) is 0 Å². The summed E-state index contributed by atoms with van der Waals surface area (Å²) in [6.45, 7) is 1.43. The Bertz CT molecular complexity index is 867. The van der Waals surface area contributed by atoms with Gasteiger partial charge in [-0.05, 0) is 42.0 Å². The van der Waals surface area contributed by atoms with Crippen molar-refractivity contribution in [3.05, 3.63) is 48.5 Å². The smallest absolute Gasteiger partial charge is 0.222 e. The molecule has 6 nitrogen and oxygen atoms in total. The van der Waals surface area contributed by atoms with E-state index in [0.717, 1.165) is 22.6 Å². The summed E-state index contributed by atoms with van der Waals surface area (Å²) >= 11 is 0. The number of amides is 1. The first kappa shape index (κ1) is 16.6. The Morgan fingerprint density at radius 2 is 1.44 bits per heavy atom. The van der Waals surface area contributed by atoms with E-state index in [1.165, 1.54) is 6.92 Å². The summed E-state index contributed by atoms with van der Waals surface area (Å²) < 4.78 is 15.9. The van der Waals surface area contributed by atoms with Crippen LogP contribution in [0.3, 0.4) is 0 Å². The highest BCUT2D eigenvalue weighted by Gasteiger charge is 2.20. The minimum absolute atomic E-state index is 0.218. The monoisotopic (exact) mass is 338 g/mol. The number of rotatable bonds is 5. The number of hydrogen-bond donors (Lipinski definition) is 1. The van der Waals surface area contributed by atoms with Crippen LogP contribution in [-0.4, -0.2) is 25.3 Å². The predicted molar refractivity (Wildman–Crippen MR) is 94.8 cm³/mol. The van der Waals surface area contributed by atoms with E-state index in [1.54, 1.807) is 14.2 Å². The van der Waals surface area contributed by atoms with Gasteiger partial charge in [0.25, 0.3) is 0 Å². The molecule has 0 unspecified atom stereocenters. The highest BCUT2D eigenvalue weighted by atomic mass is 16.5. The van der Waals surface area contributed by atoms with Crippen LogP contribution in [0.25, 0.3) is 22.5 Å². The molecule has 0 fully saturated rings. The van der Waals surface area contributed by atoms with Crippen molar-refractivity contribution in [2.24, 2.45) is 0 Å². The molecular formula is C19H18N2O4. The third-order valence-corrected chi connectivity index (χ3v) is 3.72. The fourth-order valence-electron chi connectivity index (χ4n) is 2.51. The molecule has 25 heavy (non-hydrogen) atoms. The Kier molecular flexibility index (Phi) is 4.70. The fourth-order valence-corrected chi connectivity index (χ4v) is 2.51. The molecule has 1 heterocycles. The molecule has 0 aliphatic rings. The maximum Gasteiger partial charge on any atom is 0.222 e. The van der Waals surface area contributed by atoms with E-state index in [9.17, 15) is 4.79 Å². The molecule has 0 spiro atoms. The Hall–Kier alpha value is -3.28. The molecule has 1 N–H and O–H groups in total. The van der Waals surface area contributed by atoms with Crippen LogP contribution in [-0.2, 0) is 4.79 Å². The summed E-state index contributed by atoms with van der Waals surface area (Å²) in [5.74, 6) is 2.22. The number of ether oxygens (including phenoxy) is 2. The lowest BCUT2D eigenvalue weighted by atomic mass is 10.0. The molecule has 1 amide bonds. The van der Waals surface area contributed by atoms with Gasteiger partial charge in [-0.3, -0.25) is 4.79 Å². The Labute approximate surface area is 145 Å². The summed E-state index contributed by atoms with van der Waals surface area (Å²) in [6.07, 6.45) is 0. The molecule has 0 saturated carbocycles. The molecule has 6 heteroatoms.